The Hall–Kier alpha value is -1.50. The fourth-order valence-corrected chi connectivity index (χ4v) is 2.61. The van der Waals surface area contributed by atoms with Crippen molar-refractivity contribution in [3.63, 3.8) is 0 Å². The van der Waals surface area contributed by atoms with Crippen LogP contribution in [0, 0.1) is 6.92 Å². The monoisotopic (exact) mass is 307 g/mol. The van der Waals surface area contributed by atoms with E-state index in [1.54, 1.807) is 0 Å². The maximum atomic E-state index is 10.9. The number of rotatable bonds is 7. The average molecular weight is 307 g/mol. The van der Waals surface area contributed by atoms with Crippen molar-refractivity contribution in [3.05, 3.63) is 41.6 Å². The largest absolute Gasteiger partial charge is 0.313 e. The van der Waals surface area contributed by atoms with Crippen LogP contribution in [0.25, 0.3) is 10.9 Å². The van der Waals surface area contributed by atoms with Crippen molar-refractivity contribution in [2.24, 2.45) is 0 Å². The number of fused-ring (bicyclic) bond motifs is 1. The Morgan fingerprint density at radius 3 is 2.71 bits per heavy atom. The van der Waals surface area contributed by atoms with Gasteiger partial charge in [0.2, 0.25) is 10.0 Å². The Morgan fingerprint density at radius 2 is 1.95 bits per heavy atom. The van der Waals surface area contributed by atoms with Crippen molar-refractivity contribution in [1.82, 2.24) is 15.0 Å². The first-order chi connectivity index (χ1) is 9.94. The van der Waals surface area contributed by atoms with E-state index in [1.807, 2.05) is 19.1 Å². The molecule has 0 fully saturated rings. The lowest BCUT2D eigenvalue weighted by Gasteiger charge is -2.07. The minimum absolute atomic E-state index is 0.465. The molecule has 0 aliphatic carbocycles. The fraction of sp³-hybridized carbons (Fsp3) is 0.400. The predicted molar refractivity (Wildman–Crippen MR) is 85.7 cm³/mol. The molecule has 0 aliphatic rings. The molecular weight excluding hydrogens is 286 g/mol. The van der Waals surface area contributed by atoms with E-state index in [9.17, 15) is 8.42 Å². The third-order valence-corrected chi connectivity index (χ3v) is 3.85. The number of aryl methyl sites for hydroxylation is 1. The molecule has 2 rings (SSSR count). The topological polar surface area (TPSA) is 71.1 Å². The van der Waals surface area contributed by atoms with E-state index >= 15 is 0 Å². The average Bonchev–Trinajstić information content (AvgIpc) is 2.41. The van der Waals surface area contributed by atoms with Gasteiger partial charge in [0.1, 0.15) is 0 Å². The summed E-state index contributed by atoms with van der Waals surface area (Å²) in [4.78, 5) is 4.47. The zero-order valence-electron chi connectivity index (χ0n) is 12.4. The first-order valence-corrected chi connectivity index (χ1v) is 8.85. The molecule has 0 saturated carbocycles. The zero-order chi connectivity index (χ0) is 15.3. The summed E-state index contributed by atoms with van der Waals surface area (Å²) < 4.78 is 24.3. The van der Waals surface area contributed by atoms with Crippen LogP contribution in [-0.4, -0.2) is 32.7 Å². The summed E-state index contributed by atoms with van der Waals surface area (Å²) in [5.74, 6) is 0. The van der Waals surface area contributed by atoms with E-state index in [1.165, 1.54) is 11.8 Å². The number of aromatic nitrogens is 1. The number of benzene rings is 1. The molecule has 1 aromatic carbocycles. The molecule has 0 bridgehead atoms. The van der Waals surface area contributed by atoms with Crippen LogP contribution >= 0.6 is 0 Å². The SMILES string of the molecule is Cc1ccc2cc(CNCCCNS(C)(=O)=O)ccc2n1. The number of nitrogens with zero attached hydrogens (tertiary/aromatic N) is 1. The lowest BCUT2D eigenvalue weighted by Crippen LogP contribution is -2.26. The van der Waals surface area contributed by atoms with E-state index in [0.29, 0.717) is 6.54 Å². The molecule has 6 heteroatoms. The number of sulfonamides is 1. The van der Waals surface area contributed by atoms with Crippen molar-refractivity contribution in [2.45, 2.75) is 19.9 Å². The van der Waals surface area contributed by atoms with Gasteiger partial charge in [-0.2, -0.15) is 0 Å². The molecule has 21 heavy (non-hydrogen) atoms. The molecule has 114 valence electrons. The van der Waals surface area contributed by atoms with Crippen molar-refractivity contribution < 1.29 is 8.42 Å². The summed E-state index contributed by atoms with van der Waals surface area (Å²) in [5.41, 5.74) is 3.23. The minimum Gasteiger partial charge on any atom is -0.313 e. The summed E-state index contributed by atoms with van der Waals surface area (Å²) in [6, 6.07) is 10.3. The molecule has 2 N–H and O–H groups in total. The maximum Gasteiger partial charge on any atom is 0.208 e. The van der Waals surface area contributed by atoms with Gasteiger partial charge in [-0.25, -0.2) is 13.1 Å². The Balaban J connectivity index is 1.80. The second-order valence-electron chi connectivity index (χ2n) is 5.18. The predicted octanol–water partition coefficient (Wildman–Crippen LogP) is 1.57. The molecule has 0 unspecified atom stereocenters. The number of nitrogens with one attached hydrogen (secondary N) is 2. The van der Waals surface area contributed by atoms with Gasteiger partial charge in [-0.3, -0.25) is 4.98 Å². The minimum atomic E-state index is -3.08. The van der Waals surface area contributed by atoms with E-state index in [0.717, 1.165) is 36.1 Å². The molecule has 0 atom stereocenters. The van der Waals surface area contributed by atoms with Gasteiger partial charge >= 0.3 is 0 Å². The zero-order valence-corrected chi connectivity index (χ0v) is 13.2. The van der Waals surface area contributed by atoms with Crippen molar-refractivity contribution >= 4 is 20.9 Å². The maximum absolute atomic E-state index is 10.9. The van der Waals surface area contributed by atoms with Gasteiger partial charge in [-0.05, 0) is 43.7 Å². The molecule has 1 heterocycles. The summed E-state index contributed by atoms with van der Waals surface area (Å²) >= 11 is 0. The van der Waals surface area contributed by atoms with Crippen LogP contribution < -0.4 is 10.0 Å². The second kappa shape index (κ2) is 6.98. The van der Waals surface area contributed by atoms with Crippen LogP contribution in [0.4, 0.5) is 0 Å². The highest BCUT2D eigenvalue weighted by molar-refractivity contribution is 7.88. The third kappa shape index (κ3) is 5.41. The van der Waals surface area contributed by atoms with Gasteiger partial charge in [-0.1, -0.05) is 12.1 Å². The lowest BCUT2D eigenvalue weighted by molar-refractivity contribution is 0.579. The quantitative estimate of drug-likeness (QED) is 0.762. The summed E-state index contributed by atoms with van der Waals surface area (Å²) in [7, 11) is -3.08. The van der Waals surface area contributed by atoms with Crippen molar-refractivity contribution in [2.75, 3.05) is 19.3 Å². The number of hydrogen-bond donors (Lipinski definition) is 2. The van der Waals surface area contributed by atoms with E-state index in [2.05, 4.69) is 33.2 Å². The van der Waals surface area contributed by atoms with Crippen LogP contribution in [0.2, 0.25) is 0 Å². The Bertz CT molecular complexity index is 714. The lowest BCUT2D eigenvalue weighted by atomic mass is 10.1. The van der Waals surface area contributed by atoms with Crippen molar-refractivity contribution in [3.8, 4) is 0 Å². The van der Waals surface area contributed by atoms with Crippen LogP contribution in [-0.2, 0) is 16.6 Å². The molecule has 0 aliphatic heterocycles. The van der Waals surface area contributed by atoms with Crippen LogP contribution in [0.3, 0.4) is 0 Å². The Labute approximate surface area is 125 Å². The van der Waals surface area contributed by atoms with Gasteiger partial charge in [0.25, 0.3) is 0 Å². The van der Waals surface area contributed by atoms with Gasteiger partial charge in [0.15, 0.2) is 0 Å². The Morgan fingerprint density at radius 1 is 1.14 bits per heavy atom. The van der Waals surface area contributed by atoms with Crippen LogP contribution in [0.5, 0.6) is 0 Å². The molecule has 0 amide bonds. The molecule has 2 aromatic rings. The number of hydrogen-bond acceptors (Lipinski definition) is 4. The van der Waals surface area contributed by atoms with Gasteiger partial charge in [0, 0.05) is 24.2 Å². The van der Waals surface area contributed by atoms with Gasteiger partial charge in [0.05, 0.1) is 11.8 Å². The third-order valence-electron chi connectivity index (χ3n) is 3.12. The van der Waals surface area contributed by atoms with Crippen LogP contribution in [0.15, 0.2) is 30.3 Å². The fourth-order valence-electron chi connectivity index (χ4n) is 2.09. The van der Waals surface area contributed by atoms with E-state index < -0.39 is 10.0 Å². The molecule has 5 nitrogen and oxygen atoms in total. The standard InChI is InChI=1S/C15H21N3O2S/c1-12-4-6-14-10-13(5-7-15(14)18-12)11-16-8-3-9-17-21(2,19)20/h4-7,10,16-17H,3,8-9,11H2,1-2H3. The van der Waals surface area contributed by atoms with Gasteiger partial charge in [-0.15, -0.1) is 0 Å². The summed E-state index contributed by atoms with van der Waals surface area (Å²) in [5, 5.41) is 4.45. The van der Waals surface area contributed by atoms with Crippen LogP contribution in [0.1, 0.15) is 17.7 Å². The van der Waals surface area contributed by atoms with Crippen molar-refractivity contribution in [1.29, 1.82) is 0 Å². The highest BCUT2D eigenvalue weighted by Gasteiger charge is 2.00. The first-order valence-electron chi connectivity index (χ1n) is 6.96. The second-order valence-corrected chi connectivity index (χ2v) is 7.01. The molecule has 0 saturated heterocycles. The number of pyridine rings is 1. The smallest absolute Gasteiger partial charge is 0.208 e. The first kappa shape index (κ1) is 15.9. The highest BCUT2D eigenvalue weighted by atomic mass is 32.2. The molecular formula is C15H21N3O2S. The molecule has 0 radical (unpaired) electrons. The van der Waals surface area contributed by atoms with Gasteiger partial charge < -0.3 is 5.32 Å². The van der Waals surface area contributed by atoms with E-state index in [-0.39, 0.29) is 0 Å². The Kier molecular flexibility index (Phi) is 5.27. The summed E-state index contributed by atoms with van der Waals surface area (Å²) in [6.45, 7) is 3.99. The summed E-state index contributed by atoms with van der Waals surface area (Å²) in [6.07, 6.45) is 1.94. The highest BCUT2D eigenvalue weighted by Crippen LogP contribution is 2.14. The molecule has 0 spiro atoms. The van der Waals surface area contributed by atoms with E-state index in [4.69, 9.17) is 0 Å². The normalized spacial score (nSPS) is 11.9. The molecule has 1 aromatic heterocycles.